The van der Waals surface area contributed by atoms with Crippen LogP contribution in [-0.4, -0.2) is 55.8 Å². The predicted octanol–water partition coefficient (Wildman–Crippen LogP) is 2.55. The van der Waals surface area contributed by atoms with Gasteiger partial charge in [-0.15, -0.1) is 0 Å². The van der Waals surface area contributed by atoms with Gasteiger partial charge in [0.2, 0.25) is 11.8 Å². The smallest absolute Gasteiger partial charge is 0.307 e. The van der Waals surface area contributed by atoms with Crippen LogP contribution in [0, 0.1) is 5.92 Å². The Labute approximate surface area is 203 Å². The molecule has 0 spiro atoms. The van der Waals surface area contributed by atoms with Crippen LogP contribution in [-0.2, 0) is 30.3 Å². The summed E-state index contributed by atoms with van der Waals surface area (Å²) in [4.78, 5) is 48.4. The number of carbonyl (C=O) groups is 4. The van der Waals surface area contributed by atoms with Gasteiger partial charge < -0.3 is 25.5 Å². The Bertz CT molecular complexity index is 761. The van der Waals surface area contributed by atoms with Crippen molar-refractivity contribution in [2.75, 3.05) is 20.1 Å². The molecule has 8 nitrogen and oxygen atoms in total. The average Bonchev–Trinajstić information content (AvgIpc) is 2.78. The zero-order valence-corrected chi connectivity index (χ0v) is 21.0. The van der Waals surface area contributed by atoms with Crippen molar-refractivity contribution in [2.24, 2.45) is 5.92 Å². The molecule has 0 aliphatic carbocycles. The van der Waals surface area contributed by atoms with Gasteiger partial charge in [0.15, 0.2) is 0 Å². The van der Waals surface area contributed by atoms with Gasteiger partial charge in [-0.3, -0.25) is 14.4 Å². The van der Waals surface area contributed by atoms with Gasteiger partial charge in [-0.1, -0.05) is 36.8 Å². The van der Waals surface area contributed by atoms with Crippen LogP contribution in [0.4, 0.5) is 0 Å². The summed E-state index contributed by atoms with van der Waals surface area (Å²) in [6.45, 7) is 6.91. The average molecular weight is 476 g/mol. The molecule has 0 unspecified atom stereocenters. The Morgan fingerprint density at radius 3 is 2.29 bits per heavy atom. The molecule has 34 heavy (non-hydrogen) atoms. The van der Waals surface area contributed by atoms with E-state index in [2.05, 4.69) is 16.0 Å². The van der Waals surface area contributed by atoms with Gasteiger partial charge in [0.05, 0.1) is 6.42 Å². The molecule has 2 amide bonds. The highest BCUT2D eigenvalue weighted by Crippen LogP contribution is 2.18. The molecular weight excluding hydrogens is 434 g/mol. The van der Waals surface area contributed by atoms with E-state index in [1.807, 2.05) is 30.3 Å². The second-order valence-electron chi connectivity index (χ2n) is 9.41. The summed E-state index contributed by atoms with van der Waals surface area (Å²) in [5.74, 6) is -1.63. The number of hydrogen-bond acceptors (Lipinski definition) is 6. The van der Waals surface area contributed by atoms with Crippen LogP contribution in [0.25, 0.3) is 0 Å². The number of amides is 2. The van der Waals surface area contributed by atoms with Gasteiger partial charge in [0, 0.05) is 25.8 Å². The first-order valence-corrected chi connectivity index (χ1v) is 12.1. The number of unbranched alkanes of at least 4 members (excludes halogenated alkanes) is 2. The van der Waals surface area contributed by atoms with E-state index in [4.69, 9.17) is 4.74 Å². The lowest BCUT2D eigenvalue weighted by Gasteiger charge is -2.24. The lowest BCUT2D eigenvalue weighted by molar-refractivity contribution is -0.157. The van der Waals surface area contributed by atoms with Crippen molar-refractivity contribution in [3.63, 3.8) is 0 Å². The summed E-state index contributed by atoms with van der Waals surface area (Å²) in [5.41, 5.74) is 0.294. The highest BCUT2D eigenvalue weighted by atomic mass is 16.6. The van der Waals surface area contributed by atoms with Gasteiger partial charge in [-0.2, -0.15) is 0 Å². The molecule has 0 bridgehead atoms. The summed E-state index contributed by atoms with van der Waals surface area (Å²) in [5, 5.41) is 8.73. The number of nitrogens with one attached hydrogen (secondary N) is 3. The normalized spacial score (nSPS) is 12.9. The lowest BCUT2D eigenvalue weighted by atomic mass is 9.96. The molecule has 0 radical (unpaired) electrons. The molecule has 0 fully saturated rings. The van der Waals surface area contributed by atoms with Gasteiger partial charge in [-0.25, -0.2) is 0 Å². The van der Waals surface area contributed by atoms with Crippen molar-refractivity contribution < 1.29 is 23.9 Å². The van der Waals surface area contributed by atoms with Crippen LogP contribution in [0.1, 0.15) is 64.9 Å². The third-order valence-electron chi connectivity index (χ3n) is 5.20. The van der Waals surface area contributed by atoms with Crippen molar-refractivity contribution >= 4 is 24.1 Å². The van der Waals surface area contributed by atoms with Crippen LogP contribution >= 0.6 is 0 Å². The first kappa shape index (κ1) is 29.3. The number of carbonyl (C=O) groups excluding carboxylic acids is 4. The van der Waals surface area contributed by atoms with E-state index < -0.39 is 23.5 Å². The molecule has 0 saturated heterocycles. The van der Waals surface area contributed by atoms with E-state index in [0.29, 0.717) is 19.3 Å². The fraction of sp³-hybridized carbons (Fsp3) is 0.615. The molecule has 0 aliphatic rings. The van der Waals surface area contributed by atoms with Crippen LogP contribution in [0.2, 0.25) is 0 Å². The van der Waals surface area contributed by atoms with Gasteiger partial charge in [0.25, 0.3) is 0 Å². The molecule has 0 aliphatic heterocycles. The molecule has 0 heterocycles. The fourth-order valence-electron chi connectivity index (χ4n) is 3.51. The minimum Gasteiger partial charge on any atom is -0.460 e. The van der Waals surface area contributed by atoms with Crippen molar-refractivity contribution in [2.45, 2.75) is 77.4 Å². The zero-order chi connectivity index (χ0) is 25.4. The number of hydrogen-bond donors (Lipinski definition) is 3. The van der Waals surface area contributed by atoms with Crippen LogP contribution in [0.15, 0.2) is 30.3 Å². The van der Waals surface area contributed by atoms with E-state index in [0.717, 1.165) is 44.2 Å². The Kier molecular flexibility index (Phi) is 13.8. The maximum absolute atomic E-state index is 13.2. The summed E-state index contributed by atoms with van der Waals surface area (Å²) in [6.07, 6.45) is 4.65. The molecule has 1 rings (SSSR count). The Morgan fingerprint density at radius 1 is 1.00 bits per heavy atom. The van der Waals surface area contributed by atoms with Gasteiger partial charge in [0.1, 0.15) is 17.9 Å². The van der Waals surface area contributed by atoms with Crippen LogP contribution < -0.4 is 16.0 Å². The number of rotatable bonds is 16. The largest absolute Gasteiger partial charge is 0.460 e. The first-order chi connectivity index (χ1) is 16.2. The minimum atomic E-state index is -0.736. The number of aldehydes is 1. The predicted molar refractivity (Wildman–Crippen MR) is 132 cm³/mol. The number of ether oxygens (including phenoxy) is 1. The lowest BCUT2D eigenvalue weighted by Crippen LogP contribution is -2.49. The van der Waals surface area contributed by atoms with Crippen molar-refractivity contribution in [3.8, 4) is 0 Å². The highest BCUT2D eigenvalue weighted by molar-refractivity contribution is 5.90. The summed E-state index contributed by atoms with van der Waals surface area (Å²) in [7, 11) is 1.53. The Morgan fingerprint density at radius 2 is 1.68 bits per heavy atom. The minimum absolute atomic E-state index is 0.0400. The molecule has 0 aromatic heterocycles. The van der Waals surface area contributed by atoms with E-state index in [9.17, 15) is 19.2 Å². The summed E-state index contributed by atoms with van der Waals surface area (Å²) < 4.78 is 5.43. The maximum atomic E-state index is 13.2. The number of esters is 1. The van der Waals surface area contributed by atoms with E-state index in [1.165, 1.54) is 7.05 Å². The standard InChI is InChI=1S/C26H41N3O5/c1-26(2,3)34-23(31)19-21(14-8-9-15-28-16-10-11-17-30)24(32)29-22(25(33)27-4)18-20-12-6-5-7-13-20/h5-7,12-13,17,21-22,28H,8-11,14-16,18-19H2,1-4H3,(H,27,33)(H,29,32)/t21-,22+/m1/s1. The number of benzene rings is 1. The van der Waals surface area contributed by atoms with Crippen LogP contribution in [0.5, 0.6) is 0 Å². The third kappa shape index (κ3) is 13.1. The summed E-state index contributed by atoms with van der Waals surface area (Å²) >= 11 is 0. The van der Waals surface area contributed by atoms with Crippen LogP contribution in [0.3, 0.4) is 0 Å². The van der Waals surface area contributed by atoms with Gasteiger partial charge in [-0.05, 0) is 58.7 Å². The zero-order valence-electron chi connectivity index (χ0n) is 21.0. The van der Waals surface area contributed by atoms with E-state index in [1.54, 1.807) is 20.8 Å². The van der Waals surface area contributed by atoms with Crippen molar-refractivity contribution in [1.29, 1.82) is 0 Å². The molecular formula is C26H41N3O5. The molecule has 8 heteroatoms. The Hall–Kier alpha value is -2.74. The second-order valence-corrected chi connectivity index (χ2v) is 9.41. The molecule has 2 atom stereocenters. The number of likely N-dealkylation sites (N-methyl/N-ethyl adjacent to an activating group) is 1. The molecule has 1 aromatic rings. The highest BCUT2D eigenvalue weighted by Gasteiger charge is 2.28. The molecule has 0 saturated carbocycles. The topological polar surface area (TPSA) is 114 Å². The van der Waals surface area contributed by atoms with E-state index >= 15 is 0 Å². The SMILES string of the molecule is CNC(=O)[C@H](Cc1ccccc1)NC(=O)[C@H](CCCCNCCCC=O)CC(=O)OC(C)(C)C. The van der Waals surface area contributed by atoms with Gasteiger partial charge >= 0.3 is 5.97 Å². The quantitative estimate of drug-likeness (QED) is 0.192. The first-order valence-electron chi connectivity index (χ1n) is 12.1. The molecule has 190 valence electrons. The molecule has 3 N–H and O–H groups in total. The third-order valence-corrected chi connectivity index (χ3v) is 5.20. The Balaban J connectivity index is 2.75. The molecule has 1 aromatic carbocycles. The maximum Gasteiger partial charge on any atom is 0.307 e. The second kappa shape index (κ2) is 16.0. The van der Waals surface area contributed by atoms with Crippen molar-refractivity contribution in [1.82, 2.24) is 16.0 Å². The summed E-state index contributed by atoms with van der Waals surface area (Å²) in [6, 6.07) is 8.74. The van der Waals surface area contributed by atoms with E-state index in [-0.39, 0.29) is 18.2 Å². The van der Waals surface area contributed by atoms with Crippen molar-refractivity contribution in [3.05, 3.63) is 35.9 Å². The fourth-order valence-corrected chi connectivity index (χ4v) is 3.51. The monoisotopic (exact) mass is 475 g/mol.